The summed E-state index contributed by atoms with van der Waals surface area (Å²) in [5, 5.41) is 9.04. The van der Waals surface area contributed by atoms with Gasteiger partial charge in [-0.3, -0.25) is 9.69 Å². The Bertz CT molecular complexity index is 724. The van der Waals surface area contributed by atoms with Crippen LogP contribution in [-0.2, 0) is 11.3 Å². The summed E-state index contributed by atoms with van der Waals surface area (Å²) >= 11 is 0. The predicted molar refractivity (Wildman–Crippen MR) is 91.4 cm³/mol. The number of benzene rings is 2. The molecule has 3 rings (SSSR count). The Kier molecular flexibility index (Phi) is 4.71. The second-order valence-electron chi connectivity index (χ2n) is 5.96. The number of rotatable bonds is 6. The summed E-state index contributed by atoms with van der Waals surface area (Å²) < 4.78 is 10.9. The minimum atomic E-state index is -0.721. The number of nitrogens with zero attached hydrogens (tertiary/aromatic N) is 1. The van der Waals surface area contributed by atoms with Crippen LogP contribution in [0.4, 0.5) is 0 Å². The zero-order valence-electron chi connectivity index (χ0n) is 13.9. The molecule has 1 aliphatic heterocycles. The lowest BCUT2D eigenvalue weighted by Crippen LogP contribution is -2.49. The number of carboxylic acid groups (broad SMARTS) is 1. The molecule has 126 valence electrons. The highest BCUT2D eigenvalue weighted by Gasteiger charge is 2.32. The van der Waals surface area contributed by atoms with E-state index in [1.165, 1.54) is 0 Å². The lowest BCUT2D eigenvalue weighted by molar-refractivity contribution is -0.147. The van der Waals surface area contributed by atoms with Crippen LogP contribution < -0.4 is 9.47 Å². The van der Waals surface area contributed by atoms with Gasteiger partial charge in [0.1, 0.15) is 0 Å². The van der Waals surface area contributed by atoms with E-state index in [9.17, 15) is 4.79 Å². The van der Waals surface area contributed by atoms with Gasteiger partial charge in [-0.15, -0.1) is 0 Å². The summed E-state index contributed by atoms with van der Waals surface area (Å²) in [6.07, 6.45) is 0. The van der Waals surface area contributed by atoms with Crippen LogP contribution in [0.5, 0.6) is 11.5 Å². The van der Waals surface area contributed by atoms with Crippen LogP contribution in [0.3, 0.4) is 0 Å². The van der Waals surface area contributed by atoms with Gasteiger partial charge in [0, 0.05) is 19.6 Å². The van der Waals surface area contributed by atoms with Gasteiger partial charge in [-0.2, -0.15) is 0 Å². The van der Waals surface area contributed by atoms with Crippen molar-refractivity contribution in [2.45, 2.75) is 6.54 Å². The molecular formula is C19H21NO4. The monoisotopic (exact) mass is 327 g/mol. The molecule has 1 aliphatic rings. The summed E-state index contributed by atoms with van der Waals surface area (Å²) in [4.78, 5) is 13.1. The van der Waals surface area contributed by atoms with Gasteiger partial charge in [0.25, 0.3) is 0 Å². The van der Waals surface area contributed by atoms with E-state index in [0.717, 1.165) is 16.7 Å². The molecule has 5 nitrogen and oxygen atoms in total. The first kappa shape index (κ1) is 16.3. The van der Waals surface area contributed by atoms with Crippen LogP contribution in [0.25, 0.3) is 11.1 Å². The molecule has 0 amide bonds. The van der Waals surface area contributed by atoms with E-state index < -0.39 is 5.97 Å². The van der Waals surface area contributed by atoms with Crippen molar-refractivity contribution in [3.05, 3.63) is 48.0 Å². The highest BCUT2D eigenvalue weighted by Crippen LogP contribution is 2.37. The van der Waals surface area contributed by atoms with Crippen LogP contribution in [0.2, 0.25) is 0 Å². The Morgan fingerprint density at radius 2 is 1.75 bits per heavy atom. The molecule has 2 aromatic carbocycles. The van der Waals surface area contributed by atoms with Crippen molar-refractivity contribution in [3.63, 3.8) is 0 Å². The van der Waals surface area contributed by atoms with Crippen LogP contribution >= 0.6 is 0 Å². The number of ether oxygens (including phenoxy) is 2. The molecule has 0 saturated carbocycles. The molecule has 1 saturated heterocycles. The van der Waals surface area contributed by atoms with Crippen molar-refractivity contribution in [1.82, 2.24) is 4.90 Å². The molecule has 0 aliphatic carbocycles. The molecule has 0 spiro atoms. The van der Waals surface area contributed by atoms with Crippen molar-refractivity contribution >= 4 is 5.97 Å². The number of carbonyl (C=O) groups is 1. The first-order valence-corrected chi connectivity index (χ1v) is 7.88. The fourth-order valence-corrected chi connectivity index (χ4v) is 3.03. The van der Waals surface area contributed by atoms with Gasteiger partial charge in [-0.1, -0.05) is 30.3 Å². The third-order valence-corrected chi connectivity index (χ3v) is 4.39. The van der Waals surface area contributed by atoms with E-state index in [0.29, 0.717) is 31.1 Å². The molecule has 0 bridgehead atoms. The third-order valence-electron chi connectivity index (χ3n) is 4.39. The molecule has 1 heterocycles. The summed E-state index contributed by atoms with van der Waals surface area (Å²) in [6, 6.07) is 14.1. The van der Waals surface area contributed by atoms with Crippen molar-refractivity contribution in [1.29, 1.82) is 0 Å². The topological polar surface area (TPSA) is 59.0 Å². The lowest BCUT2D eigenvalue weighted by atomic mass is 9.95. The predicted octanol–water partition coefficient (Wildman–Crippen LogP) is 2.89. The first-order chi connectivity index (χ1) is 11.6. The largest absolute Gasteiger partial charge is 0.493 e. The highest BCUT2D eigenvalue weighted by molar-refractivity contribution is 5.72. The van der Waals surface area contributed by atoms with Gasteiger partial charge in [0.15, 0.2) is 11.5 Å². The minimum Gasteiger partial charge on any atom is -0.493 e. The third kappa shape index (κ3) is 3.21. The van der Waals surface area contributed by atoms with E-state index >= 15 is 0 Å². The Morgan fingerprint density at radius 1 is 1.12 bits per heavy atom. The number of likely N-dealkylation sites (tertiary alicyclic amines) is 1. The van der Waals surface area contributed by atoms with Crippen LogP contribution in [0.15, 0.2) is 42.5 Å². The molecule has 1 fully saturated rings. The maximum atomic E-state index is 11.0. The molecule has 5 heteroatoms. The van der Waals surface area contributed by atoms with Gasteiger partial charge in [-0.25, -0.2) is 0 Å². The van der Waals surface area contributed by atoms with E-state index in [4.69, 9.17) is 14.6 Å². The molecule has 2 aromatic rings. The van der Waals surface area contributed by atoms with Gasteiger partial charge in [-0.05, 0) is 28.8 Å². The molecule has 24 heavy (non-hydrogen) atoms. The van der Waals surface area contributed by atoms with Gasteiger partial charge in [0.05, 0.1) is 20.1 Å². The van der Waals surface area contributed by atoms with Crippen molar-refractivity contribution in [2.24, 2.45) is 5.92 Å². The Morgan fingerprint density at radius 3 is 2.33 bits per heavy atom. The zero-order chi connectivity index (χ0) is 17.1. The average Bonchev–Trinajstić information content (AvgIpc) is 2.57. The van der Waals surface area contributed by atoms with Crippen LogP contribution in [0, 0.1) is 5.92 Å². The number of methoxy groups -OCH3 is 2. The standard InChI is InChI=1S/C19H21NO4/c1-23-17-8-14(10-20-11-15(12-20)19(21)22)16(9-18(17)24-2)13-6-4-3-5-7-13/h3-9,15H,10-12H2,1-2H3,(H,21,22). The smallest absolute Gasteiger partial charge is 0.309 e. The average molecular weight is 327 g/mol. The van der Waals surface area contributed by atoms with Crippen molar-refractivity contribution < 1.29 is 19.4 Å². The minimum absolute atomic E-state index is 0.259. The zero-order valence-corrected chi connectivity index (χ0v) is 13.9. The van der Waals surface area contributed by atoms with Crippen molar-refractivity contribution in [2.75, 3.05) is 27.3 Å². The van der Waals surface area contributed by atoms with Crippen LogP contribution in [-0.4, -0.2) is 43.3 Å². The SMILES string of the molecule is COc1cc(CN2CC(C(=O)O)C2)c(-c2ccccc2)cc1OC. The molecule has 0 unspecified atom stereocenters. The molecule has 0 atom stereocenters. The number of carboxylic acids is 1. The van der Waals surface area contributed by atoms with E-state index in [1.807, 2.05) is 30.3 Å². The molecule has 0 aromatic heterocycles. The summed E-state index contributed by atoms with van der Waals surface area (Å²) in [6.45, 7) is 1.85. The van der Waals surface area contributed by atoms with E-state index in [-0.39, 0.29) is 5.92 Å². The van der Waals surface area contributed by atoms with Crippen LogP contribution in [0.1, 0.15) is 5.56 Å². The number of aliphatic carboxylic acids is 1. The van der Waals surface area contributed by atoms with Gasteiger partial charge < -0.3 is 14.6 Å². The second kappa shape index (κ2) is 6.93. The Balaban J connectivity index is 1.92. The maximum Gasteiger partial charge on any atom is 0.309 e. The number of hydrogen-bond donors (Lipinski definition) is 1. The Labute approximate surface area is 141 Å². The van der Waals surface area contributed by atoms with Crippen molar-refractivity contribution in [3.8, 4) is 22.6 Å². The molecular weight excluding hydrogens is 306 g/mol. The number of hydrogen-bond acceptors (Lipinski definition) is 4. The summed E-state index contributed by atoms with van der Waals surface area (Å²) in [5.74, 6) is 0.391. The highest BCUT2D eigenvalue weighted by atomic mass is 16.5. The fourth-order valence-electron chi connectivity index (χ4n) is 3.03. The normalized spacial score (nSPS) is 14.9. The fraction of sp³-hybridized carbons (Fsp3) is 0.316. The molecule has 0 radical (unpaired) electrons. The lowest BCUT2D eigenvalue weighted by Gasteiger charge is -2.37. The van der Waals surface area contributed by atoms with E-state index in [2.05, 4.69) is 17.0 Å². The summed E-state index contributed by atoms with van der Waals surface area (Å²) in [5.41, 5.74) is 3.28. The Hall–Kier alpha value is -2.53. The van der Waals surface area contributed by atoms with E-state index in [1.54, 1.807) is 14.2 Å². The maximum absolute atomic E-state index is 11.0. The summed E-state index contributed by atoms with van der Waals surface area (Å²) in [7, 11) is 3.24. The molecule has 1 N–H and O–H groups in total. The quantitative estimate of drug-likeness (QED) is 0.884. The first-order valence-electron chi connectivity index (χ1n) is 7.88. The second-order valence-corrected chi connectivity index (χ2v) is 5.96. The van der Waals surface area contributed by atoms with Gasteiger partial charge in [0.2, 0.25) is 0 Å². The van der Waals surface area contributed by atoms with Gasteiger partial charge >= 0.3 is 5.97 Å².